The highest BCUT2D eigenvalue weighted by atomic mass is 16.1. The number of nitrogens with one attached hydrogen (secondary N) is 1. The fraction of sp³-hybridized carbons (Fsp3) is 0.107. The quantitative estimate of drug-likeness (QED) is 0.316. The van der Waals surface area contributed by atoms with E-state index in [1.165, 1.54) is 5.56 Å². The molecule has 0 aliphatic heterocycles. The molecule has 0 saturated carbocycles. The molecule has 5 nitrogen and oxygen atoms in total. The van der Waals surface area contributed by atoms with E-state index in [0.717, 1.165) is 28.5 Å². The third-order valence-electron chi connectivity index (χ3n) is 5.58. The molecule has 0 aliphatic carbocycles. The molecule has 0 spiro atoms. The monoisotopic (exact) mass is 430 g/mol. The zero-order chi connectivity index (χ0) is 23.2. The summed E-state index contributed by atoms with van der Waals surface area (Å²) in [5.41, 5.74) is 5.11. The molecule has 0 saturated heterocycles. The van der Waals surface area contributed by atoms with Crippen molar-refractivity contribution >= 4 is 28.6 Å². The molecule has 0 radical (unpaired) electrons. The number of nitriles is 2. The van der Waals surface area contributed by atoms with Crippen LogP contribution in [0.4, 0.5) is 5.69 Å². The van der Waals surface area contributed by atoms with Gasteiger partial charge < -0.3 is 9.88 Å². The fourth-order valence-electron chi connectivity index (χ4n) is 3.80. The second-order valence-electron chi connectivity index (χ2n) is 7.67. The predicted molar refractivity (Wildman–Crippen MR) is 130 cm³/mol. The van der Waals surface area contributed by atoms with Crippen molar-refractivity contribution in [3.63, 3.8) is 0 Å². The lowest BCUT2D eigenvalue weighted by Gasteiger charge is -2.07. The second kappa shape index (κ2) is 9.68. The Bertz CT molecular complexity index is 1430. The summed E-state index contributed by atoms with van der Waals surface area (Å²) in [5.74, 6) is -0.451. The van der Waals surface area contributed by atoms with E-state index in [4.69, 9.17) is 0 Å². The van der Waals surface area contributed by atoms with Crippen molar-refractivity contribution in [2.45, 2.75) is 19.9 Å². The van der Waals surface area contributed by atoms with Gasteiger partial charge in [0.1, 0.15) is 11.6 Å². The van der Waals surface area contributed by atoms with E-state index in [1.807, 2.05) is 83.6 Å². The summed E-state index contributed by atoms with van der Waals surface area (Å²) < 4.78 is 2.04. The minimum absolute atomic E-state index is 0.0231. The number of fused-ring (bicyclic) bond motifs is 1. The molecule has 1 heterocycles. The molecule has 4 aromatic rings. The van der Waals surface area contributed by atoms with Crippen LogP contribution in [0.2, 0.25) is 0 Å². The van der Waals surface area contributed by atoms with Crippen LogP contribution >= 0.6 is 0 Å². The molecular weight excluding hydrogens is 408 g/mol. The first-order valence-electron chi connectivity index (χ1n) is 10.7. The lowest BCUT2D eigenvalue weighted by molar-refractivity contribution is -0.112. The third-order valence-corrected chi connectivity index (χ3v) is 5.58. The molecule has 0 unspecified atom stereocenters. The molecule has 0 fully saturated rings. The molecule has 1 N–H and O–H groups in total. The SMILES string of the molecule is CCc1ccc(NC(=O)/C(C#N)=C/c2cn(Cc3ccccc3C#N)c3ccccc23)cc1. The van der Waals surface area contributed by atoms with E-state index in [2.05, 4.69) is 18.3 Å². The van der Waals surface area contributed by atoms with Crippen molar-refractivity contribution in [1.82, 2.24) is 4.57 Å². The number of rotatable bonds is 6. The topological polar surface area (TPSA) is 81.6 Å². The maximum Gasteiger partial charge on any atom is 0.266 e. The molecule has 5 heteroatoms. The summed E-state index contributed by atoms with van der Waals surface area (Å²) in [4.78, 5) is 12.8. The first kappa shape index (κ1) is 21.6. The Morgan fingerprint density at radius 2 is 1.73 bits per heavy atom. The zero-order valence-corrected chi connectivity index (χ0v) is 18.2. The van der Waals surface area contributed by atoms with Gasteiger partial charge in [-0.25, -0.2) is 0 Å². The molecule has 0 atom stereocenters. The Morgan fingerprint density at radius 3 is 2.45 bits per heavy atom. The van der Waals surface area contributed by atoms with E-state index in [1.54, 1.807) is 12.1 Å². The third kappa shape index (κ3) is 4.69. The van der Waals surface area contributed by atoms with Gasteiger partial charge in [-0.3, -0.25) is 4.79 Å². The standard InChI is InChI=1S/C28H22N4O/c1-2-20-11-13-25(14-12-20)31-28(33)23(17-30)15-24-19-32(27-10-6-5-9-26(24)27)18-22-8-4-3-7-21(22)16-29/h3-15,19H,2,18H2,1H3,(H,31,33)/b23-15+. The van der Waals surface area contributed by atoms with Crippen LogP contribution in [0.25, 0.3) is 17.0 Å². The van der Waals surface area contributed by atoms with Gasteiger partial charge in [0.05, 0.1) is 11.6 Å². The Morgan fingerprint density at radius 1 is 1.00 bits per heavy atom. The Labute approximate surface area is 192 Å². The van der Waals surface area contributed by atoms with Crippen molar-refractivity contribution in [2.75, 3.05) is 5.32 Å². The van der Waals surface area contributed by atoms with Crippen LogP contribution in [0.15, 0.2) is 84.6 Å². The fourth-order valence-corrected chi connectivity index (χ4v) is 3.80. The smallest absolute Gasteiger partial charge is 0.266 e. The first-order chi connectivity index (χ1) is 16.1. The maximum atomic E-state index is 12.8. The minimum Gasteiger partial charge on any atom is -0.342 e. The summed E-state index contributed by atoms with van der Waals surface area (Å²) >= 11 is 0. The van der Waals surface area contributed by atoms with Crippen LogP contribution in [0.1, 0.15) is 29.2 Å². The number of nitrogens with zero attached hydrogens (tertiary/aromatic N) is 3. The second-order valence-corrected chi connectivity index (χ2v) is 7.67. The van der Waals surface area contributed by atoms with Gasteiger partial charge in [-0.1, -0.05) is 55.5 Å². The normalized spacial score (nSPS) is 11.1. The van der Waals surface area contributed by atoms with E-state index in [0.29, 0.717) is 17.8 Å². The van der Waals surface area contributed by atoms with Gasteiger partial charge in [0.15, 0.2) is 0 Å². The highest BCUT2D eigenvalue weighted by molar-refractivity contribution is 6.10. The maximum absolute atomic E-state index is 12.8. The summed E-state index contributed by atoms with van der Waals surface area (Å²) in [6.45, 7) is 2.58. The number of benzene rings is 3. The molecule has 1 aromatic heterocycles. The molecule has 0 aliphatic rings. The molecule has 0 bridgehead atoms. The van der Waals surface area contributed by atoms with Gasteiger partial charge in [0.2, 0.25) is 0 Å². The van der Waals surface area contributed by atoms with Crippen molar-refractivity contribution in [2.24, 2.45) is 0 Å². The Kier molecular flexibility index (Phi) is 6.34. The van der Waals surface area contributed by atoms with Gasteiger partial charge in [-0.05, 0) is 47.9 Å². The summed E-state index contributed by atoms with van der Waals surface area (Å²) in [6, 6.07) is 27.2. The molecule has 1 amide bonds. The van der Waals surface area contributed by atoms with Gasteiger partial charge in [0.25, 0.3) is 5.91 Å². The number of para-hydroxylation sites is 1. The van der Waals surface area contributed by atoms with Crippen LogP contribution in [0.5, 0.6) is 0 Å². The number of aryl methyl sites for hydroxylation is 1. The van der Waals surface area contributed by atoms with Crippen LogP contribution in [-0.4, -0.2) is 10.5 Å². The predicted octanol–water partition coefficient (Wildman–Crippen LogP) is 5.67. The lowest BCUT2D eigenvalue weighted by atomic mass is 10.1. The minimum atomic E-state index is -0.451. The van der Waals surface area contributed by atoms with Gasteiger partial charge in [-0.15, -0.1) is 0 Å². The first-order valence-corrected chi connectivity index (χ1v) is 10.7. The van der Waals surface area contributed by atoms with Gasteiger partial charge in [-0.2, -0.15) is 10.5 Å². The molecular formula is C28H22N4O. The van der Waals surface area contributed by atoms with Crippen molar-refractivity contribution in [3.8, 4) is 12.1 Å². The van der Waals surface area contributed by atoms with Crippen LogP contribution in [0.3, 0.4) is 0 Å². The molecule has 33 heavy (non-hydrogen) atoms. The van der Waals surface area contributed by atoms with E-state index in [9.17, 15) is 15.3 Å². The highest BCUT2D eigenvalue weighted by Gasteiger charge is 2.14. The van der Waals surface area contributed by atoms with Crippen LogP contribution in [-0.2, 0) is 17.8 Å². The highest BCUT2D eigenvalue weighted by Crippen LogP contribution is 2.25. The largest absolute Gasteiger partial charge is 0.342 e. The van der Waals surface area contributed by atoms with E-state index in [-0.39, 0.29) is 5.57 Å². The summed E-state index contributed by atoms with van der Waals surface area (Å²) in [7, 11) is 0. The number of aromatic nitrogens is 1. The summed E-state index contributed by atoms with van der Waals surface area (Å²) in [5, 5.41) is 22.8. The van der Waals surface area contributed by atoms with E-state index < -0.39 is 5.91 Å². The van der Waals surface area contributed by atoms with Crippen molar-refractivity contribution in [3.05, 3.63) is 107 Å². The van der Waals surface area contributed by atoms with Crippen molar-refractivity contribution < 1.29 is 4.79 Å². The number of hydrogen-bond acceptors (Lipinski definition) is 3. The van der Waals surface area contributed by atoms with Crippen LogP contribution < -0.4 is 5.32 Å². The molecule has 3 aromatic carbocycles. The van der Waals surface area contributed by atoms with Crippen molar-refractivity contribution in [1.29, 1.82) is 10.5 Å². The summed E-state index contributed by atoms with van der Waals surface area (Å²) in [6.07, 6.45) is 4.45. The number of carbonyl (C=O) groups excluding carboxylic acids is 1. The number of hydrogen-bond donors (Lipinski definition) is 1. The number of anilines is 1. The van der Waals surface area contributed by atoms with Gasteiger partial charge >= 0.3 is 0 Å². The van der Waals surface area contributed by atoms with Gasteiger partial charge in [0, 0.05) is 34.9 Å². The average Bonchev–Trinajstić information content (AvgIpc) is 3.20. The number of carbonyl (C=O) groups is 1. The lowest BCUT2D eigenvalue weighted by Crippen LogP contribution is -2.13. The average molecular weight is 431 g/mol. The molecule has 4 rings (SSSR count). The van der Waals surface area contributed by atoms with E-state index >= 15 is 0 Å². The molecule has 160 valence electrons. The Balaban J connectivity index is 1.67. The number of amides is 1. The zero-order valence-electron chi connectivity index (χ0n) is 18.2. The van der Waals surface area contributed by atoms with Crippen LogP contribution in [0, 0.1) is 22.7 Å². The Hall–Kier alpha value is -4.61.